The van der Waals surface area contributed by atoms with E-state index in [2.05, 4.69) is 10.3 Å². The number of nitrogens with one attached hydrogen (secondary N) is 1. The summed E-state index contributed by atoms with van der Waals surface area (Å²) in [6.07, 6.45) is 1.69. The lowest BCUT2D eigenvalue weighted by molar-refractivity contribution is 0.100. The molecule has 0 fully saturated rings. The minimum atomic E-state index is -0.500. The number of para-hydroxylation sites is 1. The number of nitrogens with two attached hydrogens (primary N) is 1. The molecule has 2 aromatic heterocycles. The molecule has 1 amide bonds. The van der Waals surface area contributed by atoms with Gasteiger partial charge in [0, 0.05) is 23.3 Å². The number of primary amides is 1. The first-order valence-corrected chi connectivity index (χ1v) is 7.11. The summed E-state index contributed by atoms with van der Waals surface area (Å²) in [5, 5.41) is 4.90. The lowest BCUT2D eigenvalue weighted by atomic mass is 10.1. The van der Waals surface area contributed by atoms with Gasteiger partial charge < -0.3 is 11.1 Å². The number of nitrogens with zero attached hydrogens (tertiary/aromatic N) is 2. The van der Waals surface area contributed by atoms with Crippen molar-refractivity contribution in [2.75, 3.05) is 5.32 Å². The monoisotopic (exact) mass is 300 g/mol. The third-order valence-electron chi connectivity index (χ3n) is 3.01. The zero-order valence-corrected chi connectivity index (χ0v) is 11.8. The first-order valence-electron chi connectivity index (χ1n) is 6.23. The number of hydrogen-bond acceptors (Lipinski definition) is 5. The molecule has 0 radical (unpaired) electrons. The fourth-order valence-corrected chi connectivity index (χ4v) is 2.75. The molecule has 0 saturated heterocycles. The van der Waals surface area contributed by atoms with Gasteiger partial charge in [0.2, 0.25) is 0 Å². The molecular weight excluding hydrogens is 288 g/mol. The van der Waals surface area contributed by atoms with Crippen LogP contribution in [-0.2, 0) is 6.54 Å². The highest BCUT2D eigenvalue weighted by Gasteiger charge is 2.08. The minimum Gasteiger partial charge on any atom is -0.379 e. The summed E-state index contributed by atoms with van der Waals surface area (Å²) in [5.41, 5.74) is 6.84. The Labute approximate surface area is 123 Å². The van der Waals surface area contributed by atoms with Gasteiger partial charge in [0.1, 0.15) is 0 Å². The highest BCUT2D eigenvalue weighted by atomic mass is 32.1. The van der Waals surface area contributed by atoms with Crippen LogP contribution < -0.4 is 16.6 Å². The van der Waals surface area contributed by atoms with Crippen LogP contribution in [-0.4, -0.2) is 15.3 Å². The van der Waals surface area contributed by atoms with Crippen molar-refractivity contribution in [3.63, 3.8) is 0 Å². The quantitative estimate of drug-likeness (QED) is 0.763. The van der Waals surface area contributed by atoms with Crippen molar-refractivity contribution in [1.82, 2.24) is 9.38 Å². The number of benzene rings is 1. The topological polar surface area (TPSA) is 89.5 Å². The lowest BCUT2D eigenvalue weighted by Crippen LogP contribution is -2.17. The standard InChI is InChI=1S/C14H12N4O2S/c15-13(20)10-3-1-2-4-11(10)16-8-9-7-12(19)18-5-6-21-14(18)17-9/h1-7,16H,8H2,(H2,15,20). The molecule has 0 spiro atoms. The third kappa shape index (κ3) is 2.63. The van der Waals surface area contributed by atoms with Gasteiger partial charge in [-0.2, -0.15) is 0 Å². The first-order chi connectivity index (χ1) is 10.1. The average molecular weight is 300 g/mol. The molecule has 0 aliphatic rings. The van der Waals surface area contributed by atoms with Gasteiger partial charge in [-0.1, -0.05) is 12.1 Å². The van der Waals surface area contributed by atoms with Gasteiger partial charge in [0.05, 0.1) is 17.8 Å². The molecule has 3 rings (SSSR count). The van der Waals surface area contributed by atoms with Crippen molar-refractivity contribution >= 4 is 27.9 Å². The predicted molar refractivity (Wildman–Crippen MR) is 81.6 cm³/mol. The molecule has 0 saturated carbocycles. The number of carbonyl (C=O) groups is 1. The van der Waals surface area contributed by atoms with Crippen LogP contribution in [0.2, 0.25) is 0 Å². The number of hydrogen-bond donors (Lipinski definition) is 2. The molecule has 0 bridgehead atoms. The Morgan fingerprint density at radius 3 is 3.00 bits per heavy atom. The fraction of sp³-hybridized carbons (Fsp3) is 0.0714. The zero-order chi connectivity index (χ0) is 14.8. The van der Waals surface area contributed by atoms with Gasteiger partial charge >= 0.3 is 0 Å². The molecule has 7 heteroatoms. The number of carbonyl (C=O) groups excluding carboxylic acids is 1. The summed E-state index contributed by atoms with van der Waals surface area (Å²) in [7, 11) is 0. The van der Waals surface area contributed by atoms with Crippen molar-refractivity contribution in [2.24, 2.45) is 5.73 Å². The maximum Gasteiger partial charge on any atom is 0.258 e. The smallest absolute Gasteiger partial charge is 0.258 e. The van der Waals surface area contributed by atoms with Crippen LogP contribution in [0.3, 0.4) is 0 Å². The normalized spacial score (nSPS) is 10.7. The molecule has 3 aromatic rings. The third-order valence-corrected chi connectivity index (χ3v) is 3.77. The maximum atomic E-state index is 11.9. The predicted octanol–water partition coefficient (Wildman–Crippen LogP) is 1.47. The van der Waals surface area contributed by atoms with Crippen LogP contribution in [0.5, 0.6) is 0 Å². The number of fused-ring (bicyclic) bond motifs is 1. The van der Waals surface area contributed by atoms with Gasteiger partial charge in [-0.05, 0) is 12.1 Å². The number of anilines is 1. The molecule has 6 nitrogen and oxygen atoms in total. The summed E-state index contributed by atoms with van der Waals surface area (Å²) in [6.45, 7) is 0.341. The van der Waals surface area contributed by atoms with Gasteiger partial charge in [-0.25, -0.2) is 4.98 Å². The van der Waals surface area contributed by atoms with Gasteiger partial charge in [-0.15, -0.1) is 11.3 Å². The van der Waals surface area contributed by atoms with Crippen LogP contribution in [0.25, 0.3) is 4.96 Å². The van der Waals surface area contributed by atoms with Crippen LogP contribution in [0.1, 0.15) is 16.1 Å². The number of rotatable bonds is 4. The van der Waals surface area contributed by atoms with E-state index in [1.165, 1.54) is 21.8 Å². The summed E-state index contributed by atoms with van der Waals surface area (Å²) in [5.74, 6) is -0.500. The largest absolute Gasteiger partial charge is 0.379 e. The molecule has 0 unspecified atom stereocenters. The Kier molecular flexibility index (Phi) is 3.41. The van der Waals surface area contributed by atoms with E-state index in [4.69, 9.17) is 5.73 Å². The zero-order valence-electron chi connectivity index (χ0n) is 10.9. The second-order valence-electron chi connectivity index (χ2n) is 4.40. The van der Waals surface area contributed by atoms with Crippen molar-refractivity contribution in [3.05, 3.63) is 63.5 Å². The minimum absolute atomic E-state index is 0.124. The summed E-state index contributed by atoms with van der Waals surface area (Å²) < 4.78 is 1.49. The molecule has 106 valence electrons. The SMILES string of the molecule is NC(=O)c1ccccc1NCc1cc(=O)n2ccsc2n1. The van der Waals surface area contributed by atoms with Crippen molar-refractivity contribution in [1.29, 1.82) is 0 Å². The molecule has 0 atom stereocenters. The molecule has 2 heterocycles. The van der Waals surface area contributed by atoms with E-state index in [1.54, 1.807) is 30.5 Å². The molecule has 3 N–H and O–H groups in total. The molecule has 0 aliphatic carbocycles. The summed E-state index contributed by atoms with van der Waals surface area (Å²) in [4.78, 5) is 28.2. The maximum absolute atomic E-state index is 11.9. The second kappa shape index (κ2) is 5.37. The highest BCUT2D eigenvalue weighted by molar-refractivity contribution is 7.15. The second-order valence-corrected chi connectivity index (χ2v) is 5.28. The molecular formula is C14H12N4O2S. The van der Waals surface area contributed by atoms with E-state index in [0.717, 1.165) is 0 Å². The van der Waals surface area contributed by atoms with Crippen LogP contribution in [0.15, 0.2) is 46.7 Å². The van der Waals surface area contributed by atoms with Gasteiger partial charge in [0.15, 0.2) is 4.96 Å². The van der Waals surface area contributed by atoms with E-state index in [9.17, 15) is 9.59 Å². The van der Waals surface area contributed by atoms with Crippen molar-refractivity contribution < 1.29 is 4.79 Å². The summed E-state index contributed by atoms with van der Waals surface area (Å²) >= 11 is 1.40. The average Bonchev–Trinajstić information content (AvgIpc) is 2.94. The van der Waals surface area contributed by atoms with E-state index in [1.807, 2.05) is 5.38 Å². The van der Waals surface area contributed by atoms with Gasteiger partial charge in [-0.3, -0.25) is 14.0 Å². The Hall–Kier alpha value is -2.67. The van der Waals surface area contributed by atoms with E-state index < -0.39 is 5.91 Å². The van der Waals surface area contributed by atoms with Crippen LogP contribution >= 0.6 is 11.3 Å². The molecule has 21 heavy (non-hydrogen) atoms. The van der Waals surface area contributed by atoms with E-state index in [-0.39, 0.29) is 5.56 Å². The fourth-order valence-electron chi connectivity index (χ4n) is 2.02. The van der Waals surface area contributed by atoms with Crippen molar-refractivity contribution in [2.45, 2.75) is 6.54 Å². The Bertz CT molecular complexity index is 869. The van der Waals surface area contributed by atoms with E-state index >= 15 is 0 Å². The Morgan fingerprint density at radius 1 is 1.38 bits per heavy atom. The lowest BCUT2D eigenvalue weighted by Gasteiger charge is -2.09. The molecule has 0 aliphatic heterocycles. The van der Waals surface area contributed by atoms with Gasteiger partial charge in [0.25, 0.3) is 11.5 Å². The number of amides is 1. The summed E-state index contributed by atoms with van der Waals surface area (Å²) in [6, 6.07) is 8.43. The number of thiazole rings is 1. The van der Waals surface area contributed by atoms with Crippen molar-refractivity contribution in [3.8, 4) is 0 Å². The van der Waals surface area contributed by atoms with Crippen LogP contribution in [0.4, 0.5) is 5.69 Å². The van der Waals surface area contributed by atoms with E-state index in [0.29, 0.717) is 28.5 Å². The highest BCUT2D eigenvalue weighted by Crippen LogP contribution is 2.15. The molecule has 1 aromatic carbocycles. The Morgan fingerprint density at radius 2 is 2.19 bits per heavy atom. The van der Waals surface area contributed by atoms with Crippen LogP contribution in [0, 0.1) is 0 Å². The number of aromatic nitrogens is 2. The first kappa shape index (κ1) is 13.3. The Balaban J connectivity index is 1.87.